The lowest BCUT2D eigenvalue weighted by Gasteiger charge is -2.06. The molecule has 0 amide bonds. The Morgan fingerprint density at radius 2 is 1.79 bits per heavy atom. The molecule has 0 unspecified atom stereocenters. The number of nitrogens with zero attached hydrogens (tertiary/aromatic N) is 6. The van der Waals surface area contributed by atoms with Crippen molar-refractivity contribution in [3.8, 4) is 22.6 Å². The van der Waals surface area contributed by atoms with E-state index in [4.69, 9.17) is 0 Å². The molecule has 134 valence electrons. The van der Waals surface area contributed by atoms with Gasteiger partial charge in [-0.25, -0.2) is 15.0 Å². The van der Waals surface area contributed by atoms with Crippen LogP contribution in [0, 0.1) is 0 Å². The average molecular weight is 366 g/mol. The van der Waals surface area contributed by atoms with Gasteiger partial charge in [0, 0.05) is 41.6 Å². The maximum absolute atomic E-state index is 4.59. The number of rotatable bonds is 4. The molecule has 1 aromatic carbocycles. The van der Waals surface area contributed by atoms with Gasteiger partial charge in [-0.2, -0.15) is 10.2 Å². The molecular formula is C20H14N8. The summed E-state index contributed by atoms with van der Waals surface area (Å²) >= 11 is 0. The predicted octanol–water partition coefficient (Wildman–Crippen LogP) is 3.62. The first-order chi connectivity index (χ1) is 13.8. The number of aromatic amines is 1. The van der Waals surface area contributed by atoms with Crippen LogP contribution in [0.25, 0.3) is 33.7 Å². The van der Waals surface area contributed by atoms with Crippen molar-refractivity contribution in [2.75, 3.05) is 5.32 Å². The molecule has 2 N–H and O–H groups in total. The predicted molar refractivity (Wildman–Crippen MR) is 106 cm³/mol. The molecule has 0 radical (unpaired) electrons. The van der Waals surface area contributed by atoms with Crippen LogP contribution in [0.15, 0.2) is 73.4 Å². The Labute approximate surface area is 159 Å². The summed E-state index contributed by atoms with van der Waals surface area (Å²) < 4.78 is 0. The zero-order valence-electron chi connectivity index (χ0n) is 14.6. The van der Waals surface area contributed by atoms with Gasteiger partial charge in [0.1, 0.15) is 11.3 Å². The summed E-state index contributed by atoms with van der Waals surface area (Å²) in [4.78, 5) is 20.7. The number of nitrogens with one attached hydrogen (secondary N) is 2. The summed E-state index contributed by atoms with van der Waals surface area (Å²) in [5.41, 5.74) is 5.14. The molecule has 4 heterocycles. The highest BCUT2D eigenvalue weighted by molar-refractivity contribution is 5.79. The highest BCUT2D eigenvalue weighted by Gasteiger charge is 2.07. The van der Waals surface area contributed by atoms with Gasteiger partial charge in [0.05, 0.1) is 17.4 Å². The normalized spacial score (nSPS) is 10.9. The molecule has 8 heteroatoms. The highest BCUT2D eigenvalue weighted by atomic mass is 15.1. The van der Waals surface area contributed by atoms with E-state index in [1.165, 1.54) is 0 Å². The van der Waals surface area contributed by atoms with Gasteiger partial charge in [-0.1, -0.05) is 12.1 Å². The van der Waals surface area contributed by atoms with Gasteiger partial charge in [0.15, 0.2) is 0 Å². The number of anilines is 2. The molecule has 5 rings (SSSR count). The maximum Gasteiger partial charge on any atom is 0.227 e. The van der Waals surface area contributed by atoms with E-state index < -0.39 is 0 Å². The fraction of sp³-hybridized carbons (Fsp3) is 0. The Balaban J connectivity index is 1.39. The molecule has 0 atom stereocenters. The van der Waals surface area contributed by atoms with E-state index in [1.54, 1.807) is 31.0 Å². The summed E-state index contributed by atoms with van der Waals surface area (Å²) in [5.74, 6) is 1.28. The van der Waals surface area contributed by atoms with E-state index >= 15 is 0 Å². The van der Waals surface area contributed by atoms with Crippen molar-refractivity contribution >= 4 is 22.7 Å². The molecule has 0 bridgehead atoms. The quantitative estimate of drug-likeness (QED) is 0.500. The molecular weight excluding hydrogens is 352 g/mol. The van der Waals surface area contributed by atoms with Crippen molar-refractivity contribution in [1.29, 1.82) is 0 Å². The Bertz CT molecular complexity index is 1200. The van der Waals surface area contributed by atoms with Crippen molar-refractivity contribution in [3.63, 3.8) is 0 Å². The van der Waals surface area contributed by atoms with Gasteiger partial charge in [-0.15, -0.1) is 0 Å². The molecule has 0 aliphatic heterocycles. The van der Waals surface area contributed by atoms with Gasteiger partial charge in [-0.3, -0.25) is 4.98 Å². The Hall–Kier alpha value is -4.20. The smallest absolute Gasteiger partial charge is 0.227 e. The van der Waals surface area contributed by atoms with E-state index in [0.29, 0.717) is 5.95 Å². The Morgan fingerprint density at radius 3 is 2.61 bits per heavy atom. The SMILES string of the molecule is c1cc(Nc2ncc(-c3cccnn3)cn2)cc(-c2nc3cnccc3[nH]2)c1. The van der Waals surface area contributed by atoms with Crippen molar-refractivity contribution in [3.05, 3.63) is 73.4 Å². The van der Waals surface area contributed by atoms with E-state index in [-0.39, 0.29) is 0 Å². The topological polar surface area (TPSA) is 105 Å². The fourth-order valence-electron chi connectivity index (χ4n) is 2.85. The molecule has 0 fully saturated rings. The van der Waals surface area contributed by atoms with E-state index in [1.807, 2.05) is 42.5 Å². The molecule has 0 aliphatic carbocycles. The summed E-state index contributed by atoms with van der Waals surface area (Å²) in [6.07, 6.45) is 8.55. The second kappa shape index (κ2) is 6.84. The first-order valence-electron chi connectivity index (χ1n) is 8.62. The third-order valence-corrected chi connectivity index (χ3v) is 4.20. The van der Waals surface area contributed by atoms with Crippen LogP contribution in [-0.4, -0.2) is 35.1 Å². The summed E-state index contributed by atoms with van der Waals surface area (Å²) in [6, 6.07) is 13.5. The summed E-state index contributed by atoms with van der Waals surface area (Å²) in [6.45, 7) is 0. The number of benzene rings is 1. The van der Waals surface area contributed by atoms with Crippen molar-refractivity contribution in [2.24, 2.45) is 0 Å². The lowest BCUT2D eigenvalue weighted by atomic mass is 10.2. The second-order valence-corrected chi connectivity index (χ2v) is 6.09. The average Bonchev–Trinajstić information content (AvgIpc) is 3.20. The number of hydrogen-bond acceptors (Lipinski definition) is 7. The zero-order chi connectivity index (χ0) is 18.8. The number of pyridine rings is 1. The molecule has 8 nitrogen and oxygen atoms in total. The minimum atomic E-state index is 0.499. The maximum atomic E-state index is 4.59. The van der Waals surface area contributed by atoms with E-state index in [2.05, 4.69) is 40.4 Å². The number of H-pyrrole nitrogens is 1. The standard InChI is InChI=1S/C20H14N8/c1-3-13(19-26-17-6-8-21-12-18(17)27-19)9-15(4-1)25-20-22-10-14(11-23-20)16-5-2-7-24-28-16/h1-12H,(H,26,27)(H,22,23,25). The molecule has 0 saturated heterocycles. The third-order valence-electron chi connectivity index (χ3n) is 4.20. The van der Waals surface area contributed by atoms with Crippen LogP contribution < -0.4 is 5.32 Å². The molecule has 5 aromatic rings. The van der Waals surface area contributed by atoms with Gasteiger partial charge in [0.25, 0.3) is 0 Å². The Kier molecular flexibility index (Phi) is 3.91. The van der Waals surface area contributed by atoms with Crippen LogP contribution in [0.2, 0.25) is 0 Å². The monoisotopic (exact) mass is 366 g/mol. The van der Waals surface area contributed by atoms with Crippen LogP contribution >= 0.6 is 0 Å². The van der Waals surface area contributed by atoms with Crippen LogP contribution in [0.3, 0.4) is 0 Å². The van der Waals surface area contributed by atoms with Crippen molar-refractivity contribution in [1.82, 2.24) is 35.1 Å². The molecule has 0 aliphatic rings. The van der Waals surface area contributed by atoms with Gasteiger partial charge < -0.3 is 10.3 Å². The van der Waals surface area contributed by atoms with Crippen molar-refractivity contribution < 1.29 is 0 Å². The second-order valence-electron chi connectivity index (χ2n) is 6.09. The largest absolute Gasteiger partial charge is 0.338 e. The van der Waals surface area contributed by atoms with Gasteiger partial charge in [-0.05, 0) is 30.3 Å². The lowest BCUT2D eigenvalue weighted by molar-refractivity contribution is 1.03. The Morgan fingerprint density at radius 1 is 0.857 bits per heavy atom. The first-order valence-corrected chi connectivity index (χ1v) is 8.62. The number of fused-ring (bicyclic) bond motifs is 1. The van der Waals surface area contributed by atoms with Gasteiger partial charge >= 0.3 is 0 Å². The first kappa shape index (κ1) is 16.0. The van der Waals surface area contributed by atoms with E-state index in [9.17, 15) is 0 Å². The van der Waals surface area contributed by atoms with Gasteiger partial charge in [0.2, 0.25) is 5.95 Å². The van der Waals surface area contributed by atoms with Crippen molar-refractivity contribution in [2.45, 2.75) is 0 Å². The van der Waals surface area contributed by atoms with Crippen LogP contribution in [0.5, 0.6) is 0 Å². The summed E-state index contributed by atoms with van der Waals surface area (Å²) in [7, 11) is 0. The number of hydrogen-bond donors (Lipinski definition) is 2. The van der Waals surface area contributed by atoms with Crippen LogP contribution in [0.4, 0.5) is 11.6 Å². The number of imidazole rings is 1. The van der Waals surface area contributed by atoms with Crippen LogP contribution in [-0.2, 0) is 0 Å². The summed E-state index contributed by atoms with van der Waals surface area (Å²) in [5, 5.41) is 11.1. The molecule has 0 spiro atoms. The zero-order valence-corrected chi connectivity index (χ0v) is 14.6. The third kappa shape index (κ3) is 3.14. The molecule has 0 saturated carbocycles. The van der Waals surface area contributed by atoms with Crippen LogP contribution in [0.1, 0.15) is 0 Å². The lowest BCUT2D eigenvalue weighted by Crippen LogP contribution is -1.97. The molecule has 28 heavy (non-hydrogen) atoms. The number of aromatic nitrogens is 7. The fourth-order valence-corrected chi connectivity index (χ4v) is 2.85. The van der Waals surface area contributed by atoms with E-state index in [0.717, 1.165) is 39.4 Å². The highest BCUT2D eigenvalue weighted by Crippen LogP contribution is 2.24. The molecule has 4 aromatic heterocycles. The minimum absolute atomic E-state index is 0.499. The minimum Gasteiger partial charge on any atom is -0.338 e.